The summed E-state index contributed by atoms with van der Waals surface area (Å²) in [5.74, 6) is 0.398. The van der Waals surface area contributed by atoms with Crippen LogP contribution in [0.2, 0.25) is 0 Å². The number of rotatable bonds is 7. The first-order valence-electron chi connectivity index (χ1n) is 10.2. The van der Waals surface area contributed by atoms with E-state index >= 15 is 0 Å². The van der Waals surface area contributed by atoms with E-state index < -0.39 is 0 Å². The van der Waals surface area contributed by atoms with Crippen LogP contribution in [0, 0.1) is 16.2 Å². The highest BCUT2D eigenvalue weighted by Gasteiger charge is 2.49. The molecule has 0 saturated carbocycles. The van der Waals surface area contributed by atoms with E-state index in [1.165, 1.54) is 31.2 Å². The lowest BCUT2D eigenvalue weighted by Gasteiger charge is -2.51. The smallest absolute Gasteiger partial charge is 0.0545 e. The fraction of sp³-hybridized carbons (Fsp3) is 0.583. The van der Waals surface area contributed by atoms with Gasteiger partial charge in [-0.3, -0.25) is 0 Å². The van der Waals surface area contributed by atoms with Crippen LogP contribution in [0.3, 0.4) is 0 Å². The van der Waals surface area contributed by atoms with Crippen molar-refractivity contribution in [2.45, 2.75) is 45.4 Å². The molecular weight excluding hydrogens is 320 g/mol. The van der Waals surface area contributed by atoms with Gasteiger partial charge in [-0.2, -0.15) is 0 Å². The Morgan fingerprint density at radius 2 is 1.31 bits per heavy atom. The second kappa shape index (κ2) is 6.98. The number of benzene rings is 1. The van der Waals surface area contributed by atoms with Crippen LogP contribution in [0.4, 0.5) is 0 Å². The minimum Gasteiger partial charge on any atom is -0.380 e. The van der Waals surface area contributed by atoms with Gasteiger partial charge in [0.05, 0.1) is 26.4 Å². The first-order chi connectivity index (χ1) is 12.6. The molecule has 0 radical (unpaired) electrons. The Morgan fingerprint density at radius 3 is 1.69 bits per heavy atom. The topological polar surface area (TPSA) is 18.5 Å². The van der Waals surface area contributed by atoms with E-state index in [-0.39, 0.29) is 5.41 Å². The number of allylic oxidation sites excluding steroid dienone is 4. The van der Waals surface area contributed by atoms with Gasteiger partial charge in [0.1, 0.15) is 0 Å². The summed E-state index contributed by atoms with van der Waals surface area (Å²) in [6.45, 7) is 8.33. The molecular formula is C24H32O2. The molecule has 0 atom stereocenters. The maximum atomic E-state index is 5.63. The van der Waals surface area contributed by atoms with Crippen molar-refractivity contribution in [3.05, 3.63) is 60.2 Å². The number of ether oxygens (including phenoxy) is 2. The average Bonchev–Trinajstić information content (AvgIpc) is 2.63. The van der Waals surface area contributed by atoms with E-state index in [4.69, 9.17) is 9.47 Å². The molecule has 0 spiro atoms. The highest BCUT2D eigenvalue weighted by Crippen LogP contribution is 2.53. The van der Waals surface area contributed by atoms with Gasteiger partial charge in [0.25, 0.3) is 0 Å². The molecule has 0 amide bonds. The summed E-state index contributed by atoms with van der Waals surface area (Å²) in [5.41, 5.74) is 2.23. The molecule has 1 aliphatic carbocycles. The third-order valence-corrected chi connectivity index (χ3v) is 7.00. The van der Waals surface area contributed by atoms with E-state index in [9.17, 15) is 0 Å². The molecule has 2 fully saturated rings. The SMILES string of the molecule is CCC1(CC2(CC3(CC)COC3)C=CC(c3ccccc3)C=C2)COC1. The molecule has 2 nitrogen and oxygen atoms in total. The first kappa shape index (κ1) is 18.0. The maximum absolute atomic E-state index is 5.63. The van der Waals surface area contributed by atoms with E-state index in [1.807, 2.05) is 0 Å². The van der Waals surface area contributed by atoms with Gasteiger partial charge in [-0.15, -0.1) is 0 Å². The van der Waals surface area contributed by atoms with Gasteiger partial charge in [-0.25, -0.2) is 0 Å². The van der Waals surface area contributed by atoms with Crippen molar-refractivity contribution in [1.82, 2.24) is 0 Å². The van der Waals surface area contributed by atoms with E-state index in [0.717, 1.165) is 26.4 Å². The van der Waals surface area contributed by atoms with Crippen molar-refractivity contribution in [1.29, 1.82) is 0 Å². The molecule has 4 rings (SSSR count). The standard InChI is InChI=1S/C24H32O2/c1-3-22(16-25-17-22)14-24(15-23(4-2)18-26-19-23)12-10-21(11-13-24)20-8-6-5-7-9-20/h5-13,21H,3-4,14-19H2,1-2H3. The molecule has 0 N–H and O–H groups in total. The molecule has 1 aromatic carbocycles. The molecule has 2 saturated heterocycles. The Balaban J connectivity index is 1.59. The molecule has 0 aromatic heterocycles. The van der Waals surface area contributed by atoms with Crippen LogP contribution in [0.15, 0.2) is 54.6 Å². The molecule has 0 bridgehead atoms. The Labute approximate surface area is 158 Å². The molecule has 2 heteroatoms. The molecule has 1 aromatic rings. The van der Waals surface area contributed by atoms with Gasteiger partial charge in [-0.1, -0.05) is 68.5 Å². The minimum atomic E-state index is 0.144. The molecule has 26 heavy (non-hydrogen) atoms. The van der Waals surface area contributed by atoms with Crippen molar-refractivity contribution in [2.24, 2.45) is 16.2 Å². The Morgan fingerprint density at radius 1 is 0.808 bits per heavy atom. The second-order valence-electron chi connectivity index (χ2n) is 8.93. The number of hydrogen-bond acceptors (Lipinski definition) is 2. The van der Waals surface area contributed by atoms with Gasteiger partial charge in [0, 0.05) is 22.2 Å². The molecule has 0 unspecified atom stereocenters. The van der Waals surface area contributed by atoms with Crippen molar-refractivity contribution in [3.63, 3.8) is 0 Å². The van der Waals surface area contributed by atoms with Crippen LogP contribution >= 0.6 is 0 Å². The second-order valence-corrected chi connectivity index (χ2v) is 8.93. The van der Waals surface area contributed by atoms with Crippen LogP contribution in [0.5, 0.6) is 0 Å². The van der Waals surface area contributed by atoms with Crippen LogP contribution in [0.1, 0.15) is 51.0 Å². The largest absolute Gasteiger partial charge is 0.380 e. The zero-order chi connectivity index (χ0) is 18.1. The van der Waals surface area contributed by atoms with Gasteiger partial charge in [-0.05, 0) is 31.2 Å². The van der Waals surface area contributed by atoms with Crippen LogP contribution in [0.25, 0.3) is 0 Å². The van der Waals surface area contributed by atoms with E-state index in [2.05, 4.69) is 68.5 Å². The molecule has 140 valence electrons. The van der Waals surface area contributed by atoms with E-state index in [1.54, 1.807) is 0 Å². The first-order valence-corrected chi connectivity index (χ1v) is 10.2. The average molecular weight is 353 g/mol. The fourth-order valence-corrected chi connectivity index (χ4v) is 4.95. The van der Waals surface area contributed by atoms with Crippen LogP contribution in [-0.4, -0.2) is 26.4 Å². The summed E-state index contributed by atoms with van der Waals surface area (Å²) in [7, 11) is 0. The zero-order valence-corrected chi connectivity index (χ0v) is 16.2. The lowest BCUT2D eigenvalue weighted by Crippen LogP contribution is -2.50. The Kier molecular flexibility index (Phi) is 4.83. The zero-order valence-electron chi connectivity index (χ0n) is 16.2. The predicted molar refractivity (Wildman–Crippen MR) is 106 cm³/mol. The fourth-order valence-electron chi connectivity index (χ4n) is 4.95. The normalized spacial score (nSPS) is 25.5. The van der Waals surface area contributed by atoms with Gasteiger partial charge >= 0.3 is 0 Å². The minimum absolute atomic E-state index is 0.144. The lowest BCUT2D eigenvalue weighted by molar-refractivity contribution is -0.153. The lowest BCUT2D eigenvalue weighted by atomic mass is 9.59. The highest BCUT2D eigenvalue weighted by atomic mass is 16.5. The van der Waals surface area contributed by atoms with Crippen LogP contribution in [-0.2, 0) is 9.47 Å². The van der Waals surface area contributed by atoms with E-state index in [0.29, 0.717) is 16.7 Å². The van der Waals surface area contributed by atoms with Crippen molar-refractivity contribution >= 4 is 0 Å². The molecule has 3 aliphatic rings. The summed E-state index contributed by atoms with van der Waals surface area (Å²) in [6.07, 6.45) is 14.7. The van der Waals surface area contributed by atoms with Crippen molar-refractivity contribution < 1.29 is 9.47 Å². The molecule has 2 heterocycles. The Bertz CT molecular complexity index is 614. The van der Waals surface area contributed by atoms with Gasteiger partial charge in [0.15, 0.2) is 0 Å². The Hall–Kier alpha value is -1.38. The molecule has 2 aliphatic heterocycles. The van der Waals surface area contributed by atoms with Gasteiger partial charge in [0.2, 0.25) is 0 Å². The van der Waals surface area contributed by atoms with Crippen molar-refractivity contribution in [2.75, 3.05) is 26.4 Å². The highest BCUT2D eigenvalue weighted by molar-refractivity contribution is 5.34. The summed E-state index contributed by atoms with van der Waals surface area (Å²) < 4.78 is 11.3. The third-order valence-electron chi connectivity index (χ3n) is 7.00. The summed E-state index contributed by atoms with van der Waals surface area (Å²) in [6, 6.07) is 10.8. The monoisotopic (exact) mass is 352 g/mol. The summed E-state index contributed by atoms with van der Waals surface area (Å²) in [5, 5.41) is 0. The maximum Gasteiger partial charge on any atom is 0.0545 e. The third kappa shape index (κ3) is 3.30. The quantitative estimate of drug-likeness (QED) is 0.602. The van der Waals surface area contributed by atoms with Gasteiger partial charge < -0.3 is 9.47 Å². The number of hydrogen-bond donors (Lipinski definition) is 0. The summed E-state index contributed by atoms with van der Waals surface area (Å²) in [4.78, 5) is 0. The van der Waals surface area contributed by atoms with Crippen molar-refractivity contribution in [3.8, 4) is 0 Å². The predicted octanol–water partition coefficient (Wildman–Crippen LogP) is 5.52. The van der Waals surface area contributed by atoms with Crippen LogP contribution < -0.4 is 0 Å². The summed E-state index contributed by atoms with van der Waals surface area (Å²) >= 11 is 0.